The molecule has 1 unspecified atom stereocenters. The second-order valence-corrected chi connectivity index (χ2v) is 12.8. The SMILES string of the molecule is [2H]c1cc([2H])c(-c2cc([2H])cc([2H])c2C2c3c([2H])c([2H])c([2H])c([2H])c3-c3c([2H])c(-c4c([2H])c([2H])c5c(c4[2H])c4c([2H])c([2H])c([2H])c([2H])c4n5-c4c(-c5c([2H])c([2H])c([2H])c([2H])c5[2H])c([2H])c([2H])c5c4oc4c([2H])c([2H])c([2H])c([2H])c45)c([2H])c([2H])c32)c([2H])c1. The number of para-hydroxylation sites is 2. The van der Waals surface area contributed by atoms with Gasteiger partial charge in [0.2, 0.25) is 0 Å². The molecule has 0 radical (unpaired) electrons. The molecule has 1 aliphatic carbocycles. The van der Waals surface area contributed by atoms with Crippen LogP contribution in [0, 0.1) is 0 Å². The predicted molar refractivity (Wildman–Crippen MR) is 237 cm³/mol. The maximum absolute atomic E-state index is 10.2. The third-order valence-electron chi connectivity index (χ3n) is 9.85. The van der Waals surface area contributed by atoms with Crippen molar-refractivity contribution in [3.63, 3.8) is 0 Å². The lowest BCUT2D eigenvalue weighted by Gasteiger charge is -2.19. The number of nitrogens with zero attached hydrogens (tertiary/aromatic N) is 1. The Balaban J connectivity index is 1.28. The standard InChI is InChI=1S/C55H35NO/c1-3-15-35(16-4-1)39-19-7-9-23-44(39)53-45-24-10-8-20-41(45)48-33-37(27-29-46(48)53)38-28-32-51-49(34-38)42-21-11-13-25-50(42)56(51)54-40(36-17-5-2-6-18-36)30-31-47-43-22-12-14-26-52(43)57-55(47)54/h1-34,53H/i1D,2D,5D,6D,7D,8D,10D,11D,12D,13D,14D,15D,16D,17D,18D,20D,21D,22D,23D,24D,25D,26D,27D,28D,29D,30D,31D,32D,33D,34D. The topological polar surface area (TPSA) is 18.1 Å². The molecule has 0 fully saturated rings. The molecular formula is C55H35NO. The summed E-state index contributed by atoms with van der Waals surface area (Å²) in [5.74, 6) is -1.71. The van der Waals surface area contributed by atoms with E-state index in [-0.39, 0.29) is 34.3 Å². The lowest BCUT2D eigenvalue weighted by molar-refractivity contribution is 0.666. The smallest absolute Gasteiger partial charge is 0.160 e. The zero-order chi connectivity index (χ0) is 63.6. The molecule has 11 aromatic rings. The first-order valence-corrected chi connectivity index (χ1v) is 17.3. The Hall–Kier alpha value is -7.42. The van der Waals surface area contributed by atoms with Crippen molar-refractivity contribution in [2.24, 2.45) is 0 Å². The van der Waals surface area contributed by atoms with E-state index < -0.39 is 263 Å². The van der Waals surface area contributed by atoms with Crippen LogP contribution in [0.25, 0.3) is 93.9 Å². The van der Waals surface area contributed by atoms with Gasteiger partial charge in [-0.05, 0) is 91.9 Å². The van der Waals surface area contributed by atoms with Crippen LogP contribution in [0.2, 0.25) is 0 Å². The molecule has 0 bridgehead atoms. The van der Waals surface area contributed by atoms with Crippen molar-refractivity contribution in [2.45, 2.75) is 5.92 Å². The van der Waals surface area contributed by atoms with Crippen molar-refractivity contribution in [1.82, 2.24) is 4.57 Å². The highest BCUT2D eigenvalue weighted by Crippen LogP contribution is 2.51. The Kier molecular flexibility index (Phi) is 3.14. The van der Waals surface area contributed by atoms with Crippen LogP contribution >= 0.6 is 0 Å². The van der Waals surface area contributed by atoms with Crippen molar-refractivity contribution < 1.29 is 45.5 Å². The van der Waals surface area contributed by atoms with Crippen molar-refractivity contribution in [2.75, 3.05) is 0 Å². The van der Waals surface area contributed by atoms with E-state index in [0.29, 0.717) is 0 Å². The van der Waals surface area contributed by atoms with Crippen LogP contribution in [0.4, 0.5) is 0 Å². The van der Waals surface area contributed by atoms with Crippen LogP contribution in [0.1, 0.15) is 63.7 Å². The van der Waals surface area contributed by atoms with Gasteiger partial charge in [0.25, 0.3) is 0 Å². The average Bonchev–Trinajstić information content (AvgIpc) is 1.57. The molecule has 2 heteroatoms. The first-order chi connectivity index (χ1) is 40.7. The number of hydrogen-bond acceptors (Lipinski definition) is 1. The van der Waals surface area contributed by atoms with Crippen LogP contribution in [0.15, 0.2) is 210 Å². The van der Waals surface area contributed by atoms with Crippen LogP contribution in [-0.2, 0) is 0 Å². The van der Waals surface area contributed by atoms with Gasteiger partial charge in [-0.1, -0.05) is 169 Å². The summed E-state index contributed by atoms with van der Waals surface area (Å²) in [5, 5.41) is -2.41. The fourth-order valence-corrected chi connectivity index (χ4v) is 7.47. The predicted octanol–water partition coefficient (Wildman–Crippen LogP) is 14.8. The molecule has 2 heterocycles. The van der Waals surface area contributed by atoms with E-state index in [1.807, 2.05) is 0 Å². The fourth-order valence-electron chi connectivity index (χ4n) is 7.47. The van der Waals surface area contributed by atoms with Crippen molar-refractivity contribution in [1.29, 1.82) is 0 Å². The number of aromatic nitrogens is 1. The average molecular weight is 756 g/mol. The maximum Gasteiger partial charge on any atom is 0.160 e. The highest BCUT2D eigenvalue weighted by molar-refractivity contribution is 6.15. The summed E-state index contributed by atoms with van der Waals surface area (Å²) < 4.78 is 282. The molecule has 57 heavy (non-hydrogen) atoms. The van der Waals surface area contributed by atoms with Gasteiger partial charge in [-0.15, -0.1) is 0 Å². The minimum atomic E-state index is -1.71. The van der Waals surface area contributed by atoms with E-state index in [4.69, 9.17) is 27.7 Å². The molecule has 266 valence electrons. The molecule has 1 atom stereocenters. The molecule has 0 aliphatic heterocycles. The van der Waals surface area contributed by atoms with Crippen LogP contribution in [-0.4, -0.2) is 4.57 Å². The summed E-state index contributed by atoms with van der Waals surface area (Å²) in [7, 11) is 0. The van der Waals surface area contributed by atoms with Gasteiger partial charge in [-0.3, -0.25) is 0 Å². The van der Waals surface area contributed by atoms with Gasteiger partial charge in [0.05, 0.1) is 57.8 Å². The Morgan fingerprint density at radius 3 is 2.00 bits per heavy atom. The molecule has 0 saturated carbocycles. The van der Waals surface area contributed by atoms with Gasteiger partial charge >= 0.3 is 0 Å². The molecule has 9 aromatic carbocycles. The van der Waals surface area contributed by atoms with Gasteiger partial charge in [0, 0.05) is 33.0 Å². The lowest BCUT2D eigenvalue weighted by Crippen LogP contribution is -2.01. The highest BCUT2D eigenvalue weighted by atomic mass is 16.3. The molecule has 0 saturated heterocycles. The van der Waals surface area contributed by atoms with E-state index in [0.717, 1.165) is 22.8 Å². The van der Waals surface area contributed by atoms with Crippen LogP contribution < -0.4 is 0 Å². The highest BCUT2D eigenvalue weighted by Gasteiger charge is 2.32. The zero-order valence-corrected chi connectivity index (χ0v) is 28.7. The molecule has 2 nitrogen and oxygen atoms in total. The first kappa shape index (κ1) is 14.3. The third kappa shape index (κ3) is 4.84. The fraction of sp³-hybridized carbons (Fsp3) is 0.0182. The van der Waals surface area contributed by atoms with Gasteiger partial charge in [0.15, 0.2) is 5.58 Å². The second kappa shape index (κ2) is 12.6. The van der Waals surface area contributed by atoms with E-state index in [1.165, 1.54) is 6.07 Å². The Labute approximate surface area is 372 Å². The largest absolute Gasteiger partial charge is 0.454 e. The summed E-state index contributed by atoms with van der Waals surface area (Å²) in [6.45, 7) is 0. The van der Waals surface area contributed by atoms with Gasteiger partial charge in [-0.25, -0.2) is 0 Å². The monoisotopic (exact) mass is 755 g/mol. The molecule has 1 aliphatic rings. The number of hydrogen-bond donors (Lipinski definition) is 0. The first-order valence-electron chi connectivity index (χ1n) is 32.3. The van der Waals surface area contributed by atoms with Gasteiger partial charge < -0.3 is 8.98 Å². The molecule has 2 aromatic heterocycles. The van der Waals surface area contributed by atoms with Crippen molar-refractivity contribution in [3.8, 4) is 50.2 Å². The summed E-state index contributed by atoms with van der Waals surface area (Å²) in [4.78, 5) is 0. The van der Waals surface area contributed by atoms with Crippen LogP contribution in [0.3, 0.4) is 0 Å². The molecule has 0 amide bonds. The van der Waals surface area contributed by atoms with E-state index in [2.05, 4.69) is 0 Å². The maximum atomic E-state index is 10.2. The number of benzene rings is 9. The summed E-state index contributed by atoms with van der Waals surface area (Å²) in [5.41, 5.74) is -9.18. The van der Waals surface area contributed by atoms with E-state index in [1.54, 1.807) is 0 Å². The minimum absolute atomic E-state index is 0.167. The molecule has 0 N–H and O–H groups in total. The normalized spacial score (nSPS) is 20.8. The zero-order valence-electron chi connectivity index (χ0n) is 58.7. The van der Waals surface area contributed by atoms with Crippen molar-refractivity contribution in [3.05, 3.63) is 222 Å². The molecular weight excluding hydrogens is 691 g/mol. The number of fused-ring (bicyclic) bond motifs is 9. The van der Waals surface area contributed by atoms with Gasteiger partial charge in [0.1, 0.15) is 5.58 Å². The Morgan fingerprint density at radius 1 is 0.404 bits per heavy atom. The summed E-state index contributed by atoms with van der Waals surface area (Å²) in [6, 6.07) is -20.4. The third-order valence-corrected chi connectivity index (χ3v) is 9.85. The van der Waals surface area contributed by atoms with Gasteiger partial charge in [-0.2, -0.15) is 0 Å². The minimum Gasteiger partial charge on any atom is -0.454 e. The Bertz CT molecular complexity index is 5070. The number of rotatable bonds is 5. The number of furan rings is 1. The molecule has 12 rings (SSSR count). The lowest BCUT2D eigenvalue weighted by atomic mass is 9.84. The van der Waals surface area contributed by atoms with Crippen LogP contribution in [0.5, 0.6) is 0 Å². The summed E-state index contributed by atoms with van der Waals surface area (Å²) >= 11 is 0. The molecule has 0 spiro atoms. The summed E-state index contributed by atoms with van der Waals surface area (Å²) in [6.07, 6.45) is 0. The second-order valence-electron chi connectivity index (χ2n) is 12.8. The quantitative estimate of drug-likeness (QED) is 0.171. The van der Waals surface area contributed by atoms with E-state index in [9.17, 15) is 17.8 Å². The Morgan fingerprint density at radius 2 is 1.09 bits per heavy atom. The van der Waals surface area contributed by atoms with E-state index >= 15 is 0 Å². The van der Waals surface area contributed by atoms with Crippen molar-refractivity contribution >= 4 is 43.7 Å².